The van der Waals surface area contributed by atoms with Crippen LogP contribution in [-0.2, 0) is 6.54 Å². The number of nitrogens with zero attached hydrogens (tertiary/aromatic N) is 1. The Kier molecular flexibility index (Phi) is 4.33. The molecule has 1 amide bonds. The highest BCUT2D eigenvalue weighted by Crippen LogP contribution is 2.11. The number of piperazine rings is 1. The van der Waals surface area contributed by atoms with Gasteiger partial charge in [0.15, 0.2) is 0 Å². The first-order valence-electron chi connectivity index (χ1n) is 6.46. The van der Waals surface area contributed by atoms with Crippen LogP contribution in [0.1, 0.15) is 22.8 Å². The number of nitrogens with one attached hydrogen (secondary N) is 2. The van der Waals surface area contributed by atoms with Crippen LogP contribution in [0.5, 0.6) is 0 Å². The average molecular weight is 247 g/mol. The van der Waals surface area contributed by atoms with Crippen molar-refractivity contribution in [2.24, 2.45) is 0 Å². The van der Waals surface area contributed by atoms with Crippen molar-refractivity contribution in [3.63, 3.8) is 0 Å². The van der Waals surface area contributed by atoms with Gasteiger partial charge >= 0.3 is 0 Å². The van der Waals surface area contributed by atoms with Gasteiger partial charge < -0.3 is 10.6 Å². The van der Waals surface area contributed by atoms with Crippen LogP contribution in [0.3, 0.4) is 0 Å². The second-order valence-electron chi connectivity index (χ2n) is 4.80. The van der Waals surface area contributed by atoms with E-state index < -0.39 is 0 Å². The molecule has 2 rings (SSSR count). The Morgan fingerprint density at radius 1 is 1.44 bits per heavy atom. The van der Waals surface area contributed by atoms with Gasteiger partial charge in [-0.05, 0) is 24.6 Å². The summed E-state index contributed by atoms with van der Waals surface area (Å²) in [6.07, 6.45) is 0. The number of hydrogen-bond acceptors (Lipinski definition) is 3. The number of rotatable bonds is 3. The molecular weight excluding hydrogens is 226 g/mol. The average Bonchev–Trinajstić information content (AvgIpc) is 2.41. The lowest BCUT2D eigenvalue weighted by Gasteiger charge is -2.33. The maximum absolute atomic E-state index is 11.4. The molecule has 18 heavy (non-hydrogen) atoms. The van der Waals surface area contributed by atoms with Gasteiger partial charge in [0.25, 0.3) is 5.91 Å². The molecule has 1 aliphatic rings. The molecule has 1 atom stereocenters. The molecule has 98 valence electrons. The van der Waals surface area contributed by atoms with Crippen LogP contribution in [0.15, 0.2) is 24.3 Å². The fourth-order valence-electron chi connectivity index (χ4n) is 2.26. The molecule has 0 unspecified atom stereocenters. The third kappa shape index (κ3) is 3.09. The van der Waals surface area contributed by atoms with Gasteiger partial charge in [-0.15, -0.1) is 0 Å². The summed E-state index contributed by atoms with van der Waals surface area (Å²) in [7, 11) is 1.65. The first kappa shape index (κ1) is 13.1. The molecular formula is C14H21N3O. The maximum atomic E-state index is 11.4. The van der Waals surface area contributed by atoms with Crippen LogP contribution in [-0.4, -0.2) is 43.5 Å². The number of carbonyl (C=O) groups is 1. The van der Waals surface area contributed by atoms with Gasteiger partial charge in [0.2, 0.25) is 0 Å². The van der Waals surface area contributed by atoms with Crippen molar-refractivity contribution >= 4 is 5.91 Å². The Morgan fingerprint density at radius 2 is 2.17 bits per heavy atom. The van der Waals surface area contributed by atoms with Crippen molar-refractivity contribution in [1.82, 2.24) is 15.5 Å². The number of carbonyl (C=O) groups excluding carboxylic acids is 1. The third-order valence-electron chi connectivity index (χ3n) is 3.47. The minimum atomic E-state index is -0.0305. The van der Waals surface area contributed by atoms with Gasteiger partial charge in [-0.3, -0.25) is 9.69 Å². The van der Waals surface area contributed by atoms with Gasteiger partial charge in [-0.25, -0.2) is 0 Å². The van der Waals surface area contributed by atoms with E-state index in [1.165, 1.54) is 5.56 Å². The van der Waals surface area contributed by atoms with Crippen LogP contribution in [0.25, 0.3) is 0 Å². The fraction of sp³-hybridized carbons (Fsp3) is 0.500. The van der Waals surface area contributed by atoms with E-state index in [-0.39, 0.29) is 5.91 Å². The Hall–Kier alpha value is -1.39. The second kappa shape index (κ2) is 5.98. The van der Waals surface area contributed by atoms with Crippen LogP contribution >= 0.6 is 0 Å². The van der Waals surface area contributed by atoms with Crippen LogP contribution in [0, 0.1) is 0 Å². The van der Waals surface area contributed by atoms with E-state index in [1.54, 1.807) is 7.05 Å². The first-order valence-corrected chi connectivity index (χ1v) is 6.46. The Bertz CT molecular complexity index is 402. The predicted molar refractivity (Wildman–Crippen MR) is 72.6 cm³/mol. The van der Waals surface area contributed by atoms with Crippen LogP contribution < -0.4 is 10.6 Å². The molecule has 4 heteroatoms. The van der Waals surface area contributed by atoms with E-state index >= 15 is 0 Å². The minimum absolute atomic E-state index is 0.0305. The molecule has 0 spiro atoms. The third-order valence-corrected chi connectivity index (χ3v) is 3.47. The lowest BCUT2D eigenvalue weighted by atomic mass is 10.1. The zero-order valence-electron chi connectivity index (χ0n) is 11.1. The smallest absolute Gasteiger partial charge is 0.251 e. The largest absolute Gasteiger partial charge is 0.355 e. The topological polar surface area (TPSA) is 44.4 Å². The van der Waals surface area contributed by atoms with E-state index in [0.717, 1.165) is 31.7 Å². The first-order chi connectivity index (χ1) is 8.70. The Labute approximate surface area is 108 Å². The lowest BCUT2D eigenvalue weighted by molar-refractivity contribution is 0.0963. The van der Waals surface area contributed by atoms with Gasteiger partial charge in [0, 0.05) is 44.8 Å². The highest BCUT2D eigenvalue weighted by Gasteiger charge is 2.17. The summed E-state index contributed by atoms with van der Waals surface area (Å²) in [4.78, 5) is 13.9. The lowest BCUT2D eigenvalue weighted by Crippen LogP contribution is -2.49. The standard InChI is InChI=1S/C14H21N3O/c1-11-9-16-7-8-17(11)10-12-3-5-13(6-4-12)14(18)15-2/h3-6,11,16H,7-10H2,1-2H3,(H,15,18)/t11-/m1/s1. The summed E-state index contributed by atoms with van der Waals surface area (Å²) in [5.74, 6) is -0.0305. The second-order valence-corrected chi connectivity index (χ2v) is 4.80. The van der Waals surface area contributed by atoms with Crippen LogP contribution in [0.2, 0.25) is 0 Å². The molecule has 1 aromatic rings. The molecule has 1 fully saturated rings. The fourth-order valence-corrected chi connectivity index (χ4v) is 2.26. The predicted octanol–water partition coefficient (Wildman–Crippen LogP) is 0.840. The monoisotopic (exact) mass is 247 g/mol. The molecule has 1 aliphatic heterocycles. The Balaban J connectivity index is 1.99. The summed E-state index contributed by atoms with van der Waals surface area (Å²) in [5, 5.41) is 6.02. The molecule has 0 saturated carbocycles. The summed E-state index contributed by atoms with van der Waals surface area (Å²) in [6, 6.07) is 8.43. The van der Waals surface area contributed by atoms with Crippen molar-refractivity contribution in [2.45, 2.75) is 19.5 Å². The normalized spacial score (nSPS) is 20.7. The molecule has 4 nitrogen and oxygen atoms in total. The van der Waals surface area contributed by atoms with E-state index in [1.807, 2.05) is 24.3 Å². The van der Waals surface area contributed by atoms with Crippen molar-refractivity contribution in [3.8, 4) is 0 Å². The van der Waals surface area contributed by atoms with Gasteiger partial charge in [-0.1, -0.05) is 12.1 Å². The molecule has 2 N–H and O–H groups in total. The Morgan fingerprint density at radius 3 is 2.78 bits per heavy atom. The van der Waals surface area contributed by atoms with Crippen molar-refractivity contribution < 1.29 is 4.79 Å². The number of hydrogen-bond donors (Lipinski definition) is 2. The maximum Gasteiger partial charge on any atom is 0.251 e. The zero-order valence-corrected chi connectivity index (χ0v) is 11.1. The van der Waals surface area contributed by atoms with E-state index in [0.29, 0.717) is 6.04 Å². The number of amides is 1. The summed E-state index contributed by atoms with van der Waals surface area (Å²) < 4.78 is 0. The molecule has 1 heterocycles. The molecule has 1 saturated heterocycles. The summed E-state index contributed by atoms with van der Waals surface area (Å²) in [5.41, 5.74) is 1.98. The molecule has 0 bridgehead atoms. The SMILES string of the molecule is CNC(=O)c1ccc(CN2CCNC[C@H]2C)cc1. The van der Waals surface area contributed by atoms with Gasteiger partial charge in [0.05, 0.1) is 0 Å². The van der Waals surface area contributed by atoms with E-state index in [4.69, 9.17) is 0 Å². The van der Waals surface area contributed by atoms with E-state index in [9.17, 15) is 4.79 Å². The van der Waals surface area contributed by atoms with Gasteiger partial charge in [0.1, 0.15) is 0 Å². The van der Waals surface area contributed by atoms with Crippen molar-refractivity contribution in [1.29, 1.82) is 0 Å². The van der Waals surface area contributed by atoms with E-state index in [2.05, 4.69) is 22.5 Å². The summed E-state index contributed by atoms with van der Waals surface area (Å²) in [6.45, 7) is 6.39. The molecule has 0 aliphatic carbocycles. The van der Waals surface area contributed by atoms with Crippen LogP contribution in [0.4, 0.5) is 0 Å². The quantitative estimate of drug-likeness (QED) is 0.832. The zero-order chi connectivity index (χ0) is 13.0. The molecule has 0 aromatic heterocycles. The highest BCUT2D eigenvalue weighted by atomic mass is 16.1. The molecule has 1 aromatic carbocycles. The number of benzene rings is 1. The van der Waals surface area contributed by atoms with Gasteiger partial charge in [-0.2, -0.15) is 0 Å². The highest BCUT2D eigenvalue weighted by molar-refractivity contribution is 5.93. The minimum Gasteiger partial charge on any atom is -0.355 e. The molecule has 0 radical (unpaired) electrons. The summed E-state index contributed by atoms with van der Waals surface area (Å²) >= 11 is 0. The van der Waals surface area contributed by atoms with Crippen molar-refractivity contribution in [3.05, 3.63) is 35.4 Å². The van der Waals surface area contributed by atoms with Crippen molar-refractivity contribution in [2.75, 3.05) is 26.7 Å².